The van der Waals surface area contributed by atoms with Gasteiger partial charge >= 0.3 is 0 Å². The fourth-order valence-corrected chi connectivity index (χ4v) is 5.94. The Kier molecular flexibility index (Phi) is 8.67. The van der Waals surface area contributed by atoms with Gasteiger partial charge < -0.3 is 10.6 Å². The van der Waals surface area contributed by atoms with Gasteiger partial charge in [0.2, 0.25) is 0 Å². The number of hydrogen-bond acceptors (Lipinski definition) is 7. The Morgan fingerprint density at radius 2 is 1.89 bits per heavy atom. The van der Waals surface area contributed by atoms with Crippen LogP contribution >= 0.6 is 23.2 Å². The predicted molar refractivity (Wildman–Crippen MR) is 173 cm³/mol. The largest absolute Gasteiger partial charge is 0.371 e. The van der Waals surface area contributed by atoms with Gasteiger partial charge in [-0.25, -0.2) is 9.07 Å². The third-order valence-corrected chi connectivity index (χ3v) is 8.30. The number of nitrogens with zero attached hydrogens (tertiary/aromatic N) is 6. The summed E-state index contributed by atoms with van der Waals surface area (Å²) in [5.74, 6) is -0.531. The zero-order valence-electron chi connectivity index (χ0n) is 24.4. The summed E-state index contributed by atoms with van der Waals surface area (Å²) in [4.78, 5) is 7.14. The van der Waals surface area contributed by atoms with Crippen LogP contribution in [0.3, 0.4) is 0 Å². The van der Waals surface area contributed by atoms with Gasteiger partial charge in [0.1, 0.15) is 17.6 Å². The molecule has 0 saturated carbocycles. The first kappa shape index (κ1) is 29.8. The van der Waals surface area contributed by atoms with Crippen molar-refractivity contribution in [2.24, 2.45) is 0 Å². The molecule has 0 radical (unpaired) electrons. The topological polar surface area (TPSA) is 94.7 Å². The summed E-state index contributed by atoms with van der Waals surface area (Å²) < 4.78 is 15.7. The van der Waals surface area contributed by atoms with Gasteiger partial charge in [-0.05, 0) is 81.2 Å². The Hall–Kier alpha value is -4.23. The third-order valence-electron chi connectivity index (χ3n) is 7.79. The Bertz CT molecular complexity index is 1860. The van der Waals surface area contributed by atoms with Crippen LogP contribution in [-0.4, -0.2) is 38.0 Å². The van der Waals surface area contributed by atoms with Crippen molar-refractivity contribution in [3.05, 3.63) is 105 Å². The Labute approximate surface area is 265 Å². The number of benzene rings is 3. The number of nitriles is 1. The van der Waals surface area contributed by atoms with Crippen LogP contribution in [-0.2, 0) is 6.54 Å². The Morgan fingerprint density at radius 1 is 1.07 bits per heavy atom. The molecule has 5 aromatic rings. The smallest absolute Gasteiger partial charge is 0.141 e. The number of anilines is 3. The van der Waals surface area contributed by atoms with Crippen molar-refractivity contribution >= 4 is 51.2 Å². The molecule has 1 aliphatic heterocycles. The van der Waals surface area contributed by atoms with Crippen molar-refractivity contribution < 1.29 is 4.39 Å². The number of hydrogen-bond donors (Lipinski definition) is 2. The second-order valence-electron chi connectivity index (χ2n) is 11.3. The number of fused-ring (bicyclic) bond motifs is 1. The minimum atomic E-state index is -0.531. The summed E-state index contributed by atoms with van der Waals surface area (Å²) in [6.45, 7) is 7.23. The molecule has 1 fully saturated rings. The highest BCUT2D eigenvalue weighted by Gasteiger charge is 2.23. The molecule has 6 rings (SSSR count). The lowest BCUT2D eigenvalue weighted by molar-refractivity contribution is 0.331. The fourth-order valence-electron chi connectivity index (χ4n) is 5.54. The molecule has 0 bridgehead atoms. The third kappa shape index (κ3) is 6.34. The van der Waals surface area contributed by atoms with Crippen LogP contribution in [0.4, 0.5) is 21.5 Å². The molecule has 0 spiro atoms. The van der Waals surface area contributed by atoms with Gasteiger partial charge in [-0.2, -0.15) is 5.26 Å². The highest BCUT2D eigenvalue weighted by Crippen LogP contribution is 2.38. The van der Waals surface area contributed by atoms with E-state index in [2.05, 4.69) is 75.0 Å². The van der Waals surface area contributed by atoms with E-state index in [1.165, 1.54) is 36.7 Å². The number of aromatic nitrogens is 4. The first-order valence-corrected chi connectivity index (χ1v) is 15.3. The minimum absolute atomic E-state index is 0.0310. The standard InChI is InChI=1S/C33H31Cl2FN8/c1-20(2)44-19-30(41-42-44)32(22-7-5-6-21(12-22)18-43-10-3-4-11-43)40-29-14-24(34)13-26-31(23(16-37)17-38-33(26)29)39-25-8-9-28(36)27(35)15-25/h5-9,12-15,17,19-20,32,40H,3-4,10-11,18H2,1-2H3,(H,38,39)/t32-/m0/s1. The first-order valence-electron chi connectivity index (χ1n) is 14.5. The zero-order chi connectivity index (χ0) is 30.8. The zero-order valence-corrected chi connectivity index (χ0v) is 25.9. The van der Waals surface area contributed by atoms with Crippen LogP contribution in [0.25, 0.3) is 10.9 Å². The molecule has 224 valence electrons. The maximum atomic E-state index is 13.9. The van der Waals surface area contributed by atoms with Crippen molar-refractivity contribution in [2.75, 3.05) is 23.7 Å². The van der Waals surface area contributed by atoms with E-state index in [4.69, 9.17) is 23.2 Å². The van der Waals surface area contributed by atoms with Gasteiger partial charge in [0.25, 0.3) is 0 Å². The number of halogens is 3. The normalized spacial score (nSPS) is 14.2. The highest BCUT2D eigenvalue weighted by atomic mass is 35.5. The number of likely N-dealkylation sites (tertiary alicyclic amines) is 1. The van der Waals surface area contributed by atoms with E-state index in [0.29, 0.717) is 38.6 Å². The van der Waals surface area contributed by atoms with Crippen molar-refractivity contribution in [3.8, 4) is 6.07 Å². The molecule has 3 aromatic carbocycles. The number of pyridine rings is 1. The Morgan fingerprint density at radius 3 is 2.61 bits per heavy atom. The number of nitrogens with one attached hydrogen (secondary N) is 2. The van der Waals surface area contributed by atoms with E-state index in [9.17, 15) is 9.65 Å². The molecule has 2 N–H and O–H groups in total. The SMILES string of the molecule is CC(C)n1cc([C@@H](Nc2cc(Cl)cc3c(Nc4ccc(F)c(Cl)c4)c(C#N)cnc23)c2cccc(CN3CCCC3)c2)nn1. The minimum Gasteiger partial charge on any atom is -0.371 e. The van der Waals surface area contributed by atoms with Crippen molar-refractivity contribution in [2.45, 2.75) is 45.3 Å². The second-order valence-corrected chi connectivity index (χ2v) is 12.1. The summed E-state index contributed by atoms with van der Waals surface area (Å²) in [6, 6.07) is 18.4. The molecule has 8 nitrogen and oxygen atoms in total. The average Bonchev–Trinajstić information content (AvgIpc) is 3.71. The van der Waals surface area contributed by atoms with E-state index < -0.39 is 5.82 Å². The predicted octanol–water partition coefficient (Wildman–Crippen LogP) is 8.27. The lowest BCUT2D eigenvalue weighted by Crippen LogP contribution is -2.19. The van der Waals surface area contributed by atoms with Crippen LogP contribution in [0, 0.1) is 17.1 Å². The lowest BCUT2D eigenvalue weighted by Gasteiger charge is -2.22. The molecule has 3 heterocycles. The van der Waals surface area contributed by atoms with Crippen LogP contribution in [0.1, 0.15) is 61.2 Å². The molecule has 11 heteroatoms. The molecular weight excluding hydrogens is 598 g/mol. The summed E-state index contributed by atoms with van der Waals surface area (Å²) >= 11 is 12.7. The van der Waals surface area contributed by atoms with Gasteiger partial charge in [0, 0.05) is 34.9 Å². The summed E-state index contributed by atoms with van der Waals surface area (Å²) in [5.41, 5.74) is 5.57. The molecule has 44 heavy (non-hydrogen) atoms. The molecule has 2 aromatic heterocycles. The summed E-state index contributed by atoms with van der Waals surface area (Å²) in [7, 11) is 0. The number of rotatable bonds is 9. The van der Waals surface area contributed by atoms with Crippen LogP contribution < -0.4 is 10.6 Å². The fraction of sp³-hybridized carbons (Fsp3) is 0.273. The summed E-state index contributed by atoms with van der Waals surface area (Å²) in [6.07, 6.45) is 5.93. The van der Waals surface area contributed by atoms with E-state index in [1.54, 1.807) is 12.1 Å². The average molecular weight is 630 g/mol. The van der Waals surface area contributed by atoms with Gasteiger partial charge in [-0.15, -0.1) is 5.10 Å². The Balaban J connectivity index is 1.43. The molecule has 1 aliphatic rings. The van der Waals surface area contributed by atoms with Crippen LogP contribution in [0.5, 0.6) is 0 Å². The van der Waals surface area contributed by atoms with Crippen LogP contribution in [0.2, 0.25) is 10.0 Å². The molecular formula is C33H31Cl2FN8. The highest BCUT2D eigenvalue weighted by molar-refractivity contribution is 6.32. The van der Waals surface area contributed by atoms with Gasteiger partial charge in [0.05, 0.1) is 39.7 Å². The maximum Gasteiger partial charge on any atom is 0.141 e. The molecule has 1 atom stereocenters. The van der Waals surface area contributed by atoms with E-state index >= 15 is 0 Å². The van der Waals surface area contributed by atoms with Crippen LogP contribution in [0.15, 0.2) is 67.0 Å². The molecule has 1 saturated heterocycles. The van der Waals surface area contributed by atoms with E-state index in [1.807, 2.05) is 16.9 Å². The first-order chi connectivity index (χ1) is 21.3. The van der Waals surface area contributed by atoms with Gasteiger partial charge in [-0.1, -0.05) is 52.7 Å². The van der Waals surface area contributed by atoms with Crippen molar-refractivity contribution in [3.63, 3.8) is 0 Å². The molecule has 0 aliphatic carbocycles. The van der Waals surface area contributed by atoms with Gasteiger partial charge in [-0.3, -0.25) is 9.88 Å². The second kappa shape index (κ2) is 12.8. The maximum absolute atomic E-state index is 13.9. The lowest BCUT2D eigenvalue weighted by atomic mass is 10.00. The van der Waals surface area contributed by atoms with E-state index in [0.717, 1.165) is 30.9 Å². The quantitative estimate of drug-likeness (QED) is 0.170. The molecule has 0 amide bonds. The van der Waals surface area contributed by atoms with E-state index in [-0.39, 0.29) is 17.1 Å². The monoisotopic (exact) mass is 628 g/mol. The van der Waals surface area contributed by atoms with Crippen molar-refractivity contribution in [1.82, 2.24) is 24.9 Å². The van der Waals surface area contributed by atoms with Gasteiger partial charge in [0.15, 0.2) is 0 Å². The van der Waals surface area contributed by atoms with Crippen molar-refractivity contribution in [1.29, 1.82) is 5.26 Å². The molecule has 0 unspecified atom stereocenters. The summed E-state index contributed by atoms with van der Waals surface area (Å²) in [5, 5.41) is 26.8.